The monoisotopic (exact) mass is 517 g/mol. The fourth-order valence-electron chi connectivity index (χ4n) is 2.88. The van der Waals surface area contributed by atoms with Crippen LogP contribution in [0.2, 0.25) is 0 Å². The molecule has 2 rings (SSSR count). The van der Waals surface area contributed by atoms with E-state index >= 15 is 0 Å². The highest BCUT2D eigenvalue weighted by atomic mass is 127. The minimum atomic E-state index is -0.0131. The lowest BCUT2D eigenvalue weighted by Crippen LogP contribution is -2.45. The summed E-state index contributed by atoms with van der Waals surface area (Å²) in [6.07, 6.45) is 0. The zero-order valence-electron chi connectivity index (χ0n) is 18.1. The molecule has 1 saturated heterocycles. The molecule has 8 heteroatoms. The van der Waals surface area contributed by atoms with Gasteiger partial charge in [-0.15, -0.1) is 24.0 Å². The summed E-state index contributed by atoms with van der Waals surface area (Å²) >= 11 is 0. The lowest BCUT2D eigenvalue weighted by molar-refractivity contribution is -0.127. The summed E-state index contributed by atoms with van der Waals surface area (Å²) in [5.41, 5.74) is 2.55. The molecule has 1 fully saturated rings. The lowest BCUT2D eigenvalue weighted by Gasteiger charge is -2.27. The van der Waals surface area contributed by atoms with E-state index in [4.69, 9.17) is 4.74 Å². The van der Waals surface area contributed by atoms with Gasteiger partial charge in [0, 0.05) is 46.8 Å². The number of nitrogens with zero attached hydrogens (tertiary/aromatic N) is 3. The molecule has 1 aromatic rings. The lowest BCUT2D eigenvalue weighted by atomic mass is 10.0. The van der Waals surface area contributed by atoms with E-state index in [-0.39, 0.29) is 36.4 Å². The first-order valence-corrected chi connectivity index (χ1v) is 10.0. The smallest absolute Gasteiger partial charge is 0.243 e. The molecule has 2 N–H and O–H groups in total. The maximum Gasteiger partial charge on any atom is 0.243 e. The average Bonchev–Trinajstić information content (AvgIpc) is 2.70. The molecule has 7 nitrogen and oxygen atoms in total. The third-order valence-corrected chi connectivity index (χ3v) is 4.92. The maximum atomic E-state index is 11.9. The number of rotatable bonds is 8. The Kier molecular flexibility index (Phi) is 12.2. The minimum Gasteiger partial charge on any atom is -0.379 e. The van der Waals surface area contributed by atoms with Gasteiger partial charge in [0.1, 0.15) is 6.54 Å². The van der Waals surface area contributed by atoms with E-state index in [1.165, 1.54) is 11.1 Å². The third kappa shape index (κ3) is 9.77. The van der Waals surface area contributed by atoms with Crippen LogP contribution in [0.3, 0.4) is 0 Å². The molecule has 29 heavy (non-hydrogen) atoms. The number of amides is 1. The van der Waals surface area contributed by atoms with Gasteiger partial charge in [0.25, 0.3) is 0 Å². The molecule has 1 amide bonds. The van der Waals surface area contributed by atoms with Crippen LogP contribution in [0, 0.1) is 6.92 Å². The van der Waals surface area contributed by atoms with Crippen molar-refractivity contribution in [1.29, 1.82) is 0 Å². The summed E-state index contributed by atoms with van der Waals surface area (Å²) < 4.78 is 5.39. The number of nitrogens with one attached hydrogen (secondary N) is 2. The van der Waals surface area contributed by atoms with Crippen LogP contribution in [0.5, 0.6) is 0 Å². The van der Waals surface area contributed by atoms with Gasteiger partial charge in [-0.1, -0.05) is 36.8 Å². The van der Waals surface area contributed by atoms with Crippen molar-refractivity contribution in [2.45, 2.75) is 19.8 Å². The predicted octanol–water partition coefficient (Wildman–Crippen LogP) is 1.67. The van der Waals surface area contributed by atoms with Crippen LogP contribution in [0.4, 0.5) is 0 Å². The van der Waals surface area contributed by atoms with Crippen LogP contribution < -0.4 is 10.6 Å². The van der Waals surface area contributed by atoms with Gasteiger partial charge >= 0.3 is 0 Å². The summed E-state index contributed by atoms with van der Waals surface area (Å²) in [4.78, 5) is 20.3. The fourth-order valence-corrected chi connectivity index (χ4v) is 2.88. The van der Waals surface area contributed by atoms with Crippen LogP contribution in [0.1, 0.15) is 24.0 Å². The number of aliphatic imine (C=N–C) groups is 1. The van der Waals surface area contributed by atoms with Gasteiger partial charge in [0.2, 0.25) is 5.91 Å². The molecule has 1 heterocycles. The van der Waals surface area contributed by atoms with E-state index in [0.717, 1.165) is 45.9 Å². The van der Waals surface area contributed by atoms with Crippen LogP contribution in [-0.2, 0) is 9.53 Å². The second kappa shape index (κ2) is 13.8. The Morgan fingerprint density at radius 2 is 1.86 bits per heavy atom. The molecular formula is C21H36IN5O2. The molecule has 1 aliphatic rings. The molecule has 1 aliphatic heterocycles. The van der Waals surface area contributed by atoms with Gasteiger partial charge in [0.15, 0.2) is 5.96 Å². The fraction of sp³-hybridized carbons (Fsp3) is 0.619. The first-order chi connectivity index (χ1) is 13.5. The quantitative estimate of drug-likeness (QED) is 0.312. The zero-order valence-corrected chi connectivity index (χ0v) is 20.4. The summed E-state index contributed by atoms with van der Waals surface area (Å²) in [5, 5.41) is 6.75. The van der Waals surface area contributed by atoms with Crippen molar-refractivity contribution in [2.24, 2.45) is 4.99 Å². The molecule has 1 atom stereocenters. The Hall–Kier alpha value is -1.39. The van der Waals surface area contributed by atoms with Crippen molar-refractivity contribution in [2.75, 3.05) is 66.6 Å². The first kappa shape index (κ1) is 25.6. The molecule has 0 aliphatic carbocycles. The number of ether oxygens (including phenoxy) is 1. The molecule has 1 unspecified atom stereocenters. The van der Waals surface area contributed by atoms with E-state index in [9.17, 15) is 4.79 Å². The third-order valence-electron chi connectivity index (χ3n) is 4.92. The maximum absolute atomic E-state index is 11.9. The largest absolute Gasteiger partial charge is 0.379 e. The summed E-state index contributed by atoms with van der Waals surface area (Å²) in [6, 6.07) is 8.61. The normalized spacial score (nSPS) is 15.9. The number of halogens is 1. The minimum absolute atomic E-state index is 0. The predicted molar refractivity (Wildman–Crippen MR) is 129 cm³/mol. The van der Waals surface area contributed by atoms with Crippen molar-refractivity contribution in [3.63, 3.8) is 0 Å². The van der Waals surface area contributed by atoms with Crippen molar-refractivity contribution in [3.8, 4) is 0 Å². The van der Waals surface area contributed by atoms with Gasteiger partial charge in [-0.3, -0.25) is 9.69 Å². The van der Waals surface area contributed by atoms with Crippen molar-refractivity contribution in [3.05, 3.63) is 35.4 Å². The van der Waals surface area contributed by atoms with E-state index in [1.54, 1.807) is 19.0 Å². The van der Waals surface area contributed by atoms with E-state index < -0.39 is 0 Å². The van der Waals surface area contributed by atoms with Gasteiger partial charge in [0.05, 0.1) is 13.2 Å². The molecular weight excluding hydrogens is 481 g/mol. The van der Waals surface area contributed by atoms with E-state index in [2.05, 4.69) is 58.6 Å². The number of carbonyl (C=O) groups is 1. The Balaban J connectivity index is 0.00000420. The summed E-state index contributed by atoms with van der Waals surface area (Å²) in [5.74, 6) is 1.01. The van der Waals surface area contributed by atoms with Crippen molar-refractivity contribution >= 4 is 35.8 Å². The van der Waals surface area contributed by atoms with Crippen LogP contribution in [0.15, 0.2) is 29.3 Å². The SMILES string of the molecule is Cc1ccc(C(C)CNC(=NCC(=O)N(C)C)NCCN2CCOCC2)cc1.I. The highest BCUT2D eigenvalue weighted by Gasteiger charge is 2.11. The van der Waals surface area contributed by atoms with Crippen LogP contribution >= 0.6 is 24.0 Å². The number of guanidine groups is 1. The Morgan fingerprint density at radius 1 is 1.21 bits per heavy atom. The second-order valence-electron chi connectivity index (χ2n) is 7.53. The highest BCUT2D eigenvalue weighted by molar-refractivity contribution is 14.0. The number of likely N-dealkylation sites (N-methyl/N-ethyl adjacent to an activating group) is 1. The zero-order chi connectivity index (χ0) is 20.4. The van der Waals surface area contributed by atoms with Gasteiger partial charge < -0.3 is 20.3 Å². The number of hydrogen-bond acceptors (Lipinski definition) is 4. The molecule has 0 saturated carbocycles. The number of aryl methyl sites for hydroxylation is 1. The molecule has 0 radical (unpaired) electrons. The van der Waals surface area contributed by atoms with Gasteiger partial charge in [-0.25, -0.2) is 4.99 Å². The topological polar surface area (TPSA) is 69.2 Å². The molecule has 0 spiro atoms. The number of morpholine rings is 1. The van der Waals surface area contributed by atoms with Gasteiger partial charge in [-0.05, 0) is 18.4 Å². The number of hydrogen-bond donors (Lipinski definition) is 2. The Labute approximate surface area is 192 Å². The van der Waals surface area contributed by atoms with Gasteiger partial charge in [-0.2, -0.15) is 0 Å². The molecule has 0 aromatic heterocycles. The highest BCUT2D eigenvalue weighted by Crippen LogP contribution is 2.14. The molecule has 0 bridgehead atoms. The summed E-state index contributed by atoms with van der Waals surface area (Å²) in [6.45, 7) is 10.4. The van der Waals surface area contributed by atoms with Crippen molar-refractivity contribution in [1.82, 2.24) is 20.4 Å². The number of carbonyl (C=O) groups excluding carboxylic acids is 1. The van der Waals surface area contributed by atoms with E-state index in [0.29, 0.717) is 11.9 Å². The number of benzene rings is 1. The second-order valence-corrected chi connectivity index (χ2v) is 7.53. The first-order valence-electron chi connectivity index (χ1n) is 10.0. The summed E-state index contributed by atoms with van der Waals surface area (Å²) in [7, 11) is 3.49. The average molecular weight is 517 g/mol. The Bertz CT molecular complexity index is 630. The Morgan fingerprint density at radius 3 is 2.48 bits per heavy atom. The van der Waals surface area contributed by atoms with Crippen molar-refractivity contribution < 1.29 is 9.53 Å². The molecule has 1 aromatic carbocycles. The van der Waals surface area contributed by atoms with Crippen LogP contribution in [-0.4, -0.2) is 88.2 Å². The standard InChI is InChI=1S/C21H35N5O2.HI/c1-17-5-7-19(8-6-17)18(2)15-23-21(24-16-20(27)25(3)4)22-9-10-26-11-13-28-14-12-26;/h5-8,18H,9-16H2,1-4H3,(H2,22,23,24);1H. The van der Waals surface area contributed by atoms with Crippen LogP contribution in [0.25, 0.3) is 0 Å². The van der Waals surface area contributed by atoms with E-state index in [1.807, 2.05) is 0 Å². The molecule has 164 valence electrons.